The van der Waals surface area contributed by atoms with Crippen LogP contribution in [0.2, 0.25) is 0 Å². The van der Waals surface area contributed by atoms with Crippen LogP contribution >= 0.6 is 0 Å². The van der Waals surface area contributed by atoms with Crippen LogP contribution in [0.5, 0.6) is 0 Å². The SMILES string of the molecule is [CH2]CCc1c(CCCCCCCCCCC)cccc1CCCCCCCCCCC. The van der Waals surface area contributed by atoms with Crippen molar-refractivity contribution in [3.05, 3.63) is 41.8 Å². The molecule has 31 heavy (non-hydrogen) atoms. The van der Waals surface area contributed by atoms with Gasteiger partial charge in [-0.25, -0.2) is 0 Å². The quantitative estimate of drug-likeness (QED) is 0.161. The second-order valence-corrected chi connectivity index (χ2v) is 9.82. The molecule has 0 aliphatic heterocycles. The van der Waals surface area contributed by atoms with Crippen LogP contribution in [0.15, 0.2) is 18.2 Å². The van der Waals surface area contributed by atoms with Gasteiger partial charge in [-0.1, -0.05) is 142 Å². The second kappa shape index (κ2) is 21.1. The van der Waals surface area contributed by atoms with Gasteiger partial charge in [-0.2, -0.15) is 0 Å². The van der Waals surface area contributed by atoms with E-state index in [1.54, 1.807) is 16.7 Å². The molecule has 0 atom stereocenters. The lowest BCUT2D eigenvalue weighted by molar-refractivity contribution is 0.562. The van der Waals surface area contributed by atoms with Gasteiger partial charge in [0.1, 0.15) is 0 Å². The molecule has 0 aliphatic carbocycles. The molecule has 0 saturated carbocycles. The number of hydrogen-bond donors (Lipinski definition) is 0. The third kappa shape index (κ3) is 14.8. The highest BCUT2D eigenvalue weighted by atomic mass is 14.1. The second-order valence-electron chi connectivity index (χ2n) is 9.82. The standard InChI is InChI=1S/C31H55/c1-4-7-9-11-13-15-17-19-21-25-29-27-23-28-30(31(29)24-6-3)26-22-20-18-16-14-12-10-8-5-2/h23,27-28H,3-22,24-26H2,1-2H3. The van der Waals surface area contributed by atoms with Crippen LogP contribution in [-0.2, 0) is 19.3 Å². The lowest BCUT2D eigenvalue weighted by Gasteiger charge is -2.15. The summed E-state index contributed by atoms with van der Waals surface area (Å²) >= 11 is 0. The van der Waals surface area contributed by atoms with Crippen LogP contribution in [0.1, 0.15) is 153 Å². The van der Waals surface area contributed by atoms with E-state index in [4.69, 9.17) is 0 Å². The van der Waals surface area contributed by atoms with E-state index in [1.807, 2.05) is 0 Å². The molecule has 0 nitrogen and oxygen atoms in total. The van der Waals surface area contributed by atoms with Gasteiger partial charge in [0.2, 0.25) is 0 Å². The third-order valence-corrected chi connectivity index (χ3v) is 6.90. The van der Waals surface area contributed by atoms with E-state index in [9.17, 15) is 0 Å². The molecule has 0 aliphatic rings. The fraction of sp³-hybridized carbons (Fsp3) is 0.774. The van der Waals surface area contributed by atoms with Gasteiger partial charge in [0.15, 0.2) is 0 Å². The van der Waals surface area contributed by atoms with E-state index in [-0.39, 0.29) is 0 Å². The highest BCUT2D eigenvalue weighted by Gasteiger charge is 2.08. The van der Waals surface area contributed by atoms with Crippen molar-refractivity contribution in [2.45, 2.75) is 155 Å². The number of unbranched alkanes of at least 4 members (excludes halogenated alkanes) is 16. The van der Waals surface area contributed by atoms with Crippen LogP contribution in [0.4, 0.5) is 0 Å². The van der Waals surface area contributed by atoms with Crippen LogP contribution in [0.3, 0.4) is 0 Å². The number of aryl methyl sites for hydroxylation is 2. The van der Waals surface area contributed by atoms with Gasteiger partial charge >= 0.3 is 0 Å². The topological polar surface area (TPSA) is 0 Å². The highest BCUT2D eigenvalue weighted by Crippen LogP contribution is 2.22. The van der Waals surface area contributed by atoms with Gasteiger partial charge in [0, 0.05) is 0 Å². The first kappa shape index (κ1) is 28.3. The maximum atomic E-state index is 4.17. The van der Waals surface area contributed by atoms with Crippen LogP contribution in [0, 0.1) is 6.92 Å². The zero-order valence-corrected chi connectivity index (χ0v) is 21.5. The molecule has 0 heterocycles. The normalized spacial score (nSPS) is 11.3. The van der Waals surface area contributed by atoms with Crippen molar-refractivity contribution in [1.29, 1.82) is 0 Å². The van der Waals surface area contributed by atoms with Crippen molar-refractivity contribution >= 4 is 0 Å². The summed E-state index contributed by atoms with van der Waals surface area (Å²) in [7, 11) is 0. The Kier molecular flexibility index (Phi) is 19.2. The lowest BCUT2D eigenvalue weighted by Crippen LogP contribution is -2.01. The van der Waals surface area contributed by atoms with Gasteiger partial charge in [-0.3, -0.25) is 0 Å². The molecule has 0 unspecified atom stereocenters. The zero-order chi connectivity index (χ0) is 22.4. The summed E-state index contributed by atoms with van der Waals surface area (Å²) in [5.74, 6) is 0. The van der Waals surface area contributed by atoms with E-state index in [0.29, 0.717) is 0 Å². The van der Waals surface area contributed by atoms with E-state index in [1.165, 1.54) is 135 Å². The number of benzene rings is 1. The molecule has 0 saturated heterocycles. The minimum Gasteiger partial charge on any atom is -0.0654 e. The Morgan fingerprint density at radius 2 is 0.839 bits per heavy atom. The summed E-state index contributed by atoms with van der Waals surface area (Å²) in [6.07, 6.45) is 30.2. The minimum atomic E-state index is 1.03. The first-order valence-corrected chi connectivity index (χ1v) is 14.2. The van der Waals surface area contributed by atoms with E-state index < -0.39 is 0 Å². The molecule has 0 fully saturated rings. The molecule has 0 bridgehead atoms. The number of rotatable bonds is 22. The predicted molar refractivity (Wildman–Crippen MR) is 142 cm³/mol. The Labute approximate surface area is 197 Å². The van der Waals surface area contributed by atoms with Crippen LogP contribution in [0.25, 0.3) is 0 Å². The van der Waals surface area contributed by atoms with Crippen molar-refractivity contribution in [3.8, 4) is 0 Å². The Balaban J connectivity index is 2.27. The Hall–Kier alpha value is -0.780. The molecule has 0 heteroatoms. The monoisotopic (exact) mass is 427 g/mol. The summed E-state index contributed by atoms with van der Waals surface area (Å²) < 4.78 is 0. The lowest BCUT2D eigenvalue weighted by atomic mass is 9.91. The smallest absolute Gasteiger partial charge is 0.0273 e. The molecule has 179 valence electrons. The molecule has 1 radical (unpaired) electrons. The van der Waals surface area contributed by atoms with Crippen molar-refractivity contribution in [3.63, 3.8) is 0 Å². The van der Waals surface area contributed by atoms with Crippen molar-refractivity contribution in [2.24, 2.45) is 0 Å². The number of hydrogen-bond acceptors (Lipinski definition) is 0. The Bertz CT molecular complexity index is 461. The molecule has 1 aromatic carbocycles. The maximum absolute atomic E-state index is 4.17. The summed E-state index contributed by atoms with van der Waals surface area (Å²) in [4.78, 5) is 0. The van der Waals surface area contributed by atoms with Gasteiger partial charge in [-0.05, 0) is 55.2 Å². The van der Waals surface area contributed by atoms with Crippen LogP contribution in [-0.4, -0.2) is 0 Å². The maximum Gasteiger partial charge on any atom is -0.0273 e. The van der Waals surface area contributed by atoms with Crippen molar-refractivity contribution < 1.29 is 0 Å². The molecule has 1 aromatic rings. The third-order valence-electron chi connectivity index (χ3n) is 6.90. The Morgan fingerprint density at radius 1 is 0.484 bits per heavy atom. The highest BCUT2D eigenvalue weighted by molar-refractivity contribution is 5.36. The molecule has 0 amide bonds. The molecular formula is C31H55. The minimum absolute atomic E-state index is 1.03. The predicted octanol–water partition coefficient (Wildman–Crippen LogP) is 10.6. The van der Waals surface area contributed by atoms with E-state index in [2.05, 4.69) is 39.0 Å². The van der Waals surface area contributed by atoms with Crippen molar-refractivity contribution in [1.82, 2.24) is 0 Å². The summed E-state index contributed by atoms with van der Waals surface area (Å²) in [6.45, 7) is 8.77. The summed E-state index contributed by atoms with van der Waals surface area (Å²) in [5.41, 5.74) is 4.90. The van der Waals surface area contributed by atoms with Gasteiger partial charge in [0.05, 0.1) is 0 Å². The first-order chi connectivity index (χ1) is 15.3. The van der Waals surface area contributed by atoms with E-state index >= 15 is 0 Å². The van der Waals surface area contributed by atoms with Gasteiger partial charge in [-0.15, -0.1) is 0 Å². The fourth-order valence-corrected chi connectivity index (χ4v) is 4.91. The summed E-state index contributed by atoms with van der Waals surface area (Å²) in [6, 6.07) is 7.11. The van der Waals surface area contributed by atoms with Crippen molar-refractivity contribution in [2.75, 3.05) is 0 Å². The first-order valence-electron chi connectivity index (χ1n) is 14.2. The fourth-order valence-electron chi connectivity index (χ4n) is 4.91. The zero-order valence-electron chi connectivity index (χ0n) is 21.5. The van der Waals surface area contributed by atoms with Gasteiger partial charge in [0.25, 0.3) is 0 Å². The molecule has 1 rings (SSSR count). The molecule has 0 aromatic heterocycles. The largest absolute Gasteiger partial charge is 0.0654 e. The van der Waals surface area contributed by atoms with Gasteiger partial charge < -0.3 is 0 Å². The average Bonchev–Trinajstić information content (AvgIpc) is 2.78. The average molecular weight is 428 g/mol. The summed E-state index contributed by atoms with van der Waals surface area (Å²) in [5, 5.41) is 0. The molecule has 0 spiro atoms. The molecular weight excluding hydrogens is 372 g/mol. The van der Waals surface area contributed by atoms with E-state index in [0.717, 1.165) is 6.42 Å². The van der Waals surface area contributed by atoms with Crippen LogP contribution < -0.4 is 0 Å². The molecule has 0 N–H and O–H groups in total. The Morgan fingerprint density at radius 3 is 1.19 bits per heavy atom.